The lowest BCUT2D eigenvalue weighted by Crippen LogP contribution is -2.25. The van der Waals surface area contributed by atoms with Gasteiger partial charge < -0.3 is 19.8 Å². The van der Waals surface area contributed by atoms with Crippen molar-refractivity contribution in [3.63, 3.8) is 0 Å². The lowest BCUT2D eigenvalue weighted by atomic mass is 10.1. The van der Waals surface area contributed by atoms with Gasteiger partial charge in [0, 0.05) is 11.6 Å². The highest BCUT2D eigenvalue weighted by Crippen LogP contribution is 2.32. The first-order chi connectivity index (χ1) is 14.2. The van der Waals surface area contributed by atoms with Crippen molar-refractivity contribution in [2.75, 3.05) is 11.9 Å². The molecule has 2 aromatic rings. The van der Waals surface area contributed by atoms with Crippen molar-refractivity contribution < 1.29 is 28.7 Å². The first-order valence-electron chi connectivity index (χ1n) is 9.75. The summed E-state index contributed by atoms with van der Waals surface area (Å²) in [5.74, 6) is -1.59. The average Bonchev–Trinajstić information content (AvgIpc) is 3.37. The molecular formula is C21H24N2O6S. The third kappa shape index (κ3) is 4.62. The molecule has 8 nitrogen and oxygen atoms in total. The fourth-order valence-electron chi connectivity index (χ4n) is 3.07. The van der Waals surface area contributed by atoms with E-state index in [1.54, 1.807) is 32.9 Å². The van der Waals surface area contributed by atoms with Gasteiger partial charge >= 0.3 is 11.9 Å². The van der Waals surface area contributed by atoms with Crippen LogP contribution in [0.3, 0.4) is 0 Å². The standard InChI is InChI=1S/C21H24N2O6S/c1-5-28-21(27)16-10(2)17(22-11(16)3)18(24)12(4)29-20(26)14-8-9-15(30-14)23-19(25)13-6-7-13/h8-9,12-13,22H,5-7H2,1-4H3,(H,23,25)/t12-/m0/s1. The Kier molecular flexibility index (Phi) is 6.40. The molecule has 0 saturated heterocycles. The van der Waals surface area contributed by atoms with Gasteiger partial charge in [0.25, 0.3) is 0 Å². The van der Waals surface area contributed by atoms with Crippen molar-refractivity contribution >= 4 is 40.0 Å². The number of nitrogens with one attached hydrogen (secondary N) is 2. The highest BCUT2D eigenvalue weighted by atomic mass is 32.1. The number of carbonyl (C=O) groups excluding carboxylic acids is 4. The Morgan fingerprint density at radius 2 is 1.90 bits per heavy atom. The predicted molar refractivity (Wildman–Crippen MR) is 111 cm³/mol. The summed E-state index contributed by atoms with van der Waals surface area (Å²) < 4.78 is 10.3. The highest BCUT2D eigenvalue weighted by Gasteiger charge is 2.30. The van der Waals surface area contributed by atoms with Crippen LogP contribution in [0, 0.1) is 19.8 Å². The Balaban J connectivity index is 1.66. The lowest BCUT2D eigenvalue weighted by Gasteiger charge is -2.11. The topological polar surface area (TPSA) is 115 Å². The van der Waals surface area contributed by atoms with E-state index >= 15 is 0 Å². The molecule has 9 heteroatoms. The Labute approximate surface area is 177 Å². The first kappa shape index (κ1) is 21.8. The van der Waals surface area contributed by atoms with Gasteiger partial charge in [-0.05, 0) is 58.2 Å². The van der Waals surface area contributed by atoms with Gasteiger partial charge in [-0.1, -0.05) is 0 Å². The van der Waals surface area contributed by atoms with Crippen LogP contribution >= 0.6 is 11.3 Å². The van der Waals surface area contributed by atoms with Crippen LogP contribution < -0.4 is 5.32 Å². The quantitative estimate of drug-likeness (QED) is 0.486. The van der Waals surface area contributed by atoms with Gasteiger partial charge in [0.05, 0.1) is 22.9 Å². The molecule has 2 N–H and O–H groups in total. The number of ketones is 1. The van der Waals surface area contributed by atoms with Crippen LogP contribution in [0.4, 0.5) is 5.00 Å². The monoisotopic (exact) mass is 432 g/mol. The van der Waals surface area contributed by atoms with E-state index in [4.69, 9.17) is 9.47 Å². The number of thiophene rings is 1. The number of hydrogen-bond donors (Lipinski definition) is 2. The van der Waals surface area contributed by atoms with E-state index in [2.05, 4.69) is 10.3 Å². The molecule has 1 aliphatic rings. The number of anilines is 1. The van der Waals surface area contributed by atoms with Crippen molar-refractivity contribution in [3.05, 3.63) is 39.5 Å². The number of H-pyrrole nitrogens is 1. The van der Waals surface area contributed by atoms with Crippen LogP contribution in [0.25, 0.3) is 0 Å². The van der Waals surface area contributed by atoms with E-state index < -0.39 is 23.8 Å². The molecule has 2 heterocycles. The summed E-state index contributed by atoms with van der Waals surface area (Å²) in [5.41, 5.74) is 1.50. The second kappa shape index (κ2) is 8.83. The zero-order chi connectivity index (χ0) is 22.0. The minimum atomic E-state index is -1.06. The summed E-state index contributed by atoms with van der Waals surface area (Å²) in [7, 11) is 0. The maximum absolute atomic E-state index is 12.8. The third-order valence-electron chi connectivity index (χ3n) is 4.82. The third-order valence-corrected chi connectivity index (χ3v) is 5.80. The summed E-state index contributed by atoms with van der Waals surface area (Å²) in [6.45, 7) is 6.73. The van der Waals surface area contributed by atoms with Crippen LogP contribution in [0.5, 0.6) is 0 Å². The molecule has 2 aromatic heterocycles. The number of hydrogen-bond acceptors (Lipinski definition) is 7. The van der Waals surface area contributed by atoms with Gasteiger partial charge in [0.1, 0.15) is 4.88 Å². The number of carbonyl (C=O) groups is 4. The number of ether oxygens (including phenoxy) is 2. The molecule has 0 aromatic carbocycles. The SMILES string of the molecule is CCOC(=O)c1c(C)[nH]c(C(=O)[C@H](C)OC(=O)c2ccc(NC(=O)C3CC3)s2)c1C. The number of aryl methyl sites for hydroxylation is 1. The van der Waals surface area contributed by atoms with E-state index in [-0.39, 0.29) is 29.0 Å². The Bertz CT molecular complexity index is 1000. The second-order valence-corrected chi connectivity index (χ2v) is 8.27. The molecule has 0 aliphatic heterocycles. The molecular weight excluding hydrogens is 408 g/mol. The smallest absolute Gasteiger partial charge is 0.349 e. The number of amides is 1. The highest BCUT2D eigenvalue weighted by molar-refractivity contribution is 7.18. The summed E-state index contributed by atoms with van der Waals surface area (Å²) in [5, 5.41) is 3.34. The van der Waals surface area contributed by atoms with E-state index in [1.165, 1.54) is 6.92 Å². The minimum absolute atomic E-state index is 0.0460. The molecule has 0 spiro atoms. The van der Waals surface area contributed by atoms with E-state index in [9.17, 15) is 19.2 Å². The molecule has 160 valence electrons. The van der Waals surface area contributed by atoms with Crippen LogP contribution in [-0.4, -0.2) is 41.3 Å². The predicted octanol–water partition coefficient (Wildman–Crippen LogP) is 3.65. The zero-order valence-electron chi connectivity index (χ0n) is 17.3. The number of Topliss-reactive ketones (excluding diaryl/α,β-unsaturated/α-hetero) is 1. The molecule has 1 aliphatic carbocycles. The molecule has 1 saturated carbocycles. The summed E-state index contributed by atoms with van der Waals surface area (Å²) >= 11 is 1.10. The fraction of sp³-hybridized carbons (Fsp3) is 0.429. The van der Waals surface area contributed by atoms with Gasteiger partial charge in [-0.3, -0.25) is 9.59 Å². The molecule has 1 atom stereocenters. The Hall–Kier alpha value is -2.94. The lowest BCUT2D eigenvalue weighted by molar-refractivity contribution is -0.117. The second-order valence-electron chi connectivity index (χ2n) is 7.18. The van der Waals surface area contributed by atoms with Gasteiger partial charge in [0.15, 0.2) is 6.10 Å². The normalized spacial score (nSPS) is 14.1. The fourth-order valence-corrected chi connectivity index (χ4v) is 3.86. The van der Waals surface area contributed by atoms with Crippen molar-refractivity contribution in [1.29, 1.82) is 0 Å². The number of rotatable bonds is 8. The number of aromatic amines is 1. The van der Waals surface area contributed by atoms with Crippen molar-refractivity contribution in [1.82, 2.24) is 4.98 Å². The van der Waals surface area contributed by atoms with Crippen molar-refractivity contribution in [2.24, 2.45) is 5.92 Å². The summed E-state index contributed by atoms with van der Waals surface area (Å²) in [6.07, 6.45) is 0.721. The first-order valence-corrected chi connectivity index (χ1v) is 10.6. The van der Waals surface area contributed by atoms with Gasteiger partial charge in [0.2, 0.25) is 11.7 Å². The average molecular weight is 432 g/mol. The minimum Gasteiger partial charge on any atom is -0.462 e. The zero-order valence-corrected chi connectivity index (χ0v) is 18.1. The van der Waals surface area contributed by atoms with Crippen LogP contribution in [0.2, 0.25) is 0 Å². The molecule has 1 amide bonds. The van der Waals surface area contributed by atoms with E-state index in [0.29, 0.717) is 21.8 Å². The van der Waals surface area contributed by atoms with Crippen LogP contribution in [0.1, 0.15) is 68.5 Å². The van der Waals surface area contributed by atoms with Gasteiger partial charge in [-0.15, -0.1) is 11.3 Å². The van der Waals surface area contributed by atoms with Crippen molar-refractivity contribution in [3.8, 4) is 0 Å². The maximum Gasteiger partial charge on any atom is 0.349 e. The van der Waals surface area contributed by atoms with E-state index in [1.807, 2.05) is 0 Å². The Morgan fingerprint density at radius 3 is 2.53 bits per heavy atom. The van der Waals surface area contributed by atoms with Crippen molar-refractivity contribution in [2.45, 2.75) is 46.6 Å². The summed E-state index contributed by atoms with van der Waals surface area (Å²) in [6, 6.07) is 3.19. The number of aromatic nitrogens is 1. The largest absolute Gasteiger partial charge is 0.462 e. The maximum atomic E-state index is 12.8. The van der Waals surface area contributed by atoms with E-state index in [0.717, 1.165) is 24.2 Å². The van der Waals surface area contributed by atoms with Crippen LogP contribution in [0.15, 0.2) is 12.1 Å². The summed E-state index contributed by atoms with van der Waals surface area (Å²) in [4.78, 5) is 52.3. The molecule has 0 radical (unpaired) electrons. The molecule has 1 fully saturated rings. The molecule has 30 heavy (non-hydrogen) atoms. The number of esters is 2. The molecule has 3 rings (SSSR count). The van der Waals surface area contributed by atoms with Gasteiger partial charge in [-0.2, -0.15) is 0 Å². The molecule has 0 unspecified atom stereocenters. The van der Waals surface area contributed by atoms with Crippen LogP contribution in [-0.2, 0) is 14.3 Å². The molecule has 0 bridgehead atoms. The Morgan fingerprint density at radius 1 is 1.20 bits per heavy atom. The van der Waals surface area contributed by atoms with Gasteiger partial charge in [-0.25, -0.2) is 9.59 Å².